The van der Waals surface area contributed by atoms with Crippen LogP contribution in [0.15, 0.2) is 4.99 Å². The van der Waals surface area contributed by atoms with Gasteiger partial charge in [-0.15, -0.1) is 0 Å². The number of aliphatic imine (C=N–C) groups is 1. The number of thioether (sulfide) groups is 1. The predicted octanol–water partition coefficient (Wildman–Crippen LogP) is 0.980. The van der Waals surface area contributed by atoms with E-state index in [9.17, 15) is 4.79 Å². The van der Waals surface area contributed by atoms with Crippen molar-refractivity contribution >= 4 is 22.8 Å². The number of nitrogens with zero attached hydrogens (tertiary/aromatic N) is 1. The molecule has 0 fully saturated rings. The highest BCUT2D eigenvalue weighted by Gasteiger charge is 2.19. The first-order chi connectivity index (χ1) is 6.99. The zero-order valence-electron chi connectivity index (χ0n) is 9.70. The third kappa shape index (κ3) is 4.11. The van der Waals surface area contributed by atoms with E-state index in [2.05, 4.69) is 22.5 Å². The summed E-state index contributed by atoms with van der Waals surface area (Å²) in [4.78, 5) is 16.0. The molecule has 0 aliphatic carbocycles. The van der Waals surface area contributed by atoms with Crippen LogP contribution >= 0.6 is 11.8 Å². The summed E-state index contributed by atoms with van der Waals surface area (Å²) in [7, 11) is 0. The Morgan fingerprint density at radius 1 is 1.53 bits per heavy atom. The van der Waals surface area contributed by atoms with Gasteiger partial charge in [-0.2, -0.15) is 0 Å². The normalized spacial score (nSPS) is 22.5. The second-order valence-electron chi connectivity index (χ2n) is 4.12. The molecule has 4 nitrogen and oxygen atoms in total. The Morgan fingerprint density at radius 3 is 2.67 bits per heavy atom. The van der Waals surface area contributed by atoms with Gasteiger partial charge in [-0.05, 0) is 27.7 Å². The molecule has 1 aliphatic heterocycles. The molecular weight excluding hydrogens is 210 g/mol. The number of nitrogens with one attached hydrogen (secondary N) is 2. The van der Waals surface area contributed by atoms with E-state index in [1.54, 1.807) is 11.8 Å². The van der Waals surface area contributed by atoms with Crippen molar-refractivity contribution in [2.24, 2.45) is 4.99 Å². The van der Waals surface area contributed by atoms with E-state index in [0.29, 0.717) is 6.04 Å². The van der Waals surface area contributed by atoms with Gasteiger partial charge < -0.3 is 10.6 Å². The van der Waals surface area contributed by atoms with Crippen LogP contribution in [0.3, 0.4) is 0 Å². The van der Waals surface area contributed by atoms with Crippen LogP contribution in [0.4, 0.5) is 0 Å². The molecule has 0 aromatic rings. The summed E-state index contributed by atoms with van der Waals surface area (Å²) in [6.45, 7) is 7.83. The zero-order chi connectivity index (χ0) is 11.4. The zero-order valence-corrected chi connectivity index (χ0v) is 10.5. The monoisotopic (exact) mass is 229 g/mol. The summed E-state index contributed by atoms with van der Waals surface area (Å²) in [5.74, 6) is 1.02. The molecule has 2 N–H and O–H groups in total. The number of hydrogen-bond acceptors (Lipinski definition) is 4. The lowest BCUT2D eigenvalue weighted by Crippen LogP contribution is -2.45. The van der Waals surface area contributed by atoms with Gasteiger partial charge in [0.05, 0.1) is 6.04 Å². The first-order valence-corrected chi connectivity index (χ1v) is 6.25. The smallest absolute Gasteiger partial charge is 0.242 e. The van der Waals surface area contributed by atoms with Crippen LogP contribution < -0.4 is 10.6 Å². The molecule has 15 heavy (non-hydrogen) atoms. The highest BCUT2D eigenvalue weighted by molar-refractivity contribution is 8.14. The van der Waals surface area contributed by atoms with E-state index >= 15 is 0 Å². The average Bonchev–Trinajstić information content (AvgIpc) is 2.50. The van der Waals surface area contributed by atoms with Crippen molar-refractivity contribution in [3.63, 3.8) is 0 Å². The van der Waals surface area contributed by atoms with Crippen molar-refractivity contribution in [3.05, 3.63) is 0 Å². The molecule has 0 bridgehead atoms. The Hall–Kier alpha value is -0.710. The van der Waals surface area contributed by atoms with E-state index in [-0.39, 0.29) is 18.0 Å². The van der Waals surface area contributed by atoms with Gasteiger partial charge in [-0.3, -0.25) is 9.79 Å². The van der Waals surface area contributed by atoms with Crippen LogP contribution in [0.2, 0.25) is 0 Å². The van der Waals surface area contributed by atoms with Crippen molar-refractivity contribution in [1.29, 1.82) is 0 Å². The van der Waals surface area contributed by atoms with Gasteiger partial charge >= 0.3 is 0 Å². The summed E-state index contributed by atoms with van der Waals surface area (Å²) in [5.41, 5.74) is 0. The first kappa shape index (κ1) is 12.4. The molecule has 2 atom stereocenters. The average molecular weight is 229 g/mol. The van der Waals surface area contributed by atoms with Crippen molar-refractivity contribution in [1.82, 2.24) is 10.6 Å². The minimum absolute atomic E-state index is 0.0212. The molecule has 0 aromatic carbocycles. The Bertz CT molecular complexity index is 265. The Kier molecular flexibility index (Phi) is 4.45. The molecule has 2 unspecified atom stereocenters. The van der Waals surface area contributed by atoms with Gasteiger partial charge in [0, 0.05) is 11.8 Å². The number of amidine groups is 1. The van der Waals surface area contributed by atoms with Gasteiger partial charge in [0.25, 0.3) is 0 Å². The van der Waals surface area contributed by atoms with Crippen LogP contribution in [0.25, 0.3) is 0 Å². The molecule has 5 heteroatoms. The van der Waals surface area contributed by atoms with Crippen LogP contribution in [0.5, 0.6) is 0 Å². The van der Waals surface area contributed by atoms with E-state index in [0.717, 1.165) is 10.9 Å². The highest BCUT2D eigenvalue weighted by Crippen LogP contribution is 2.15. The third-order valence-corrected chi connectivity index (χ3v) is 3.11. The SMILES string of the molecule is CC1CSC(NC(C)C(=O)NC(C)C)=N1. The van der Waals surface area contributed by atoms with E-state index in [1.807, 2.05) is 20.8 Å². The third-order valence-electron chi connectivity index (χ3n) is 1.96. The maximum Gasteiger partial charge on any atom is 0.242 e. The molecule has 1 rings (SSSR count). The number of carbonyl (C=O) groups is 1. The predicted molar refractivity (Wildman–Crippen MR) is 65.2 cm³/mol. The van der Waals surface area contributed by atoms with Crippen molar-refractivity contribution in [3.8, 4) is 0 Å². The molecule has 0 saturated heterocycles. The molecule has 86 valence electrons. The van der Waals surface area contributed by atoms with Crippen LogP contribution in [-0.4, -0.2) is 35.0 Å². The number of rotatable bonds is 3. The van der Waals surface area contributed by atoms with E-state index in [4.69, 9.17) is 0 Å². The highest BCUT2D eigenvalue weighted by atomic mass is 32.2. The van der Waals surface area contributed by atoms with Crippen molar-refractivity contribution in [2.75, 3.05) is 5.75 Å². The molecule has 0 saturated carbocycles. The maximum atomic E-state index is 11.6. The van der Waals surface area contributed by atoms with Crippen molar-refractivity contribution < 1.29 is 4.79 Å². The lowest BCUT2D eigenvalue weighted by Gasteiger charge is -2.16. The summed E-state index contributed by atoms with van der Waals surface area (Å²) in [5, 5.41) is 6.86. The first-order valence-electron chi connectivity index (χ1n) is 5.26. The Balaban J connectivity index is 2.38. The minimum Gasteiger partial charge on any atom is -0.353 e. The van der Waals surface area contributed by atoms with Crippen LogP contribution in [0.1, 0.15) is 27.7 Å². The molecule has 1 amide bonds. The molecule has 1 aliphatic rings. The molecular formula is C10H19N3OS. The standard InChI is InChI=1S/C10H19N3OS/c1-6(2)11-9(14)8(4)13-10-12-7(3)5-15-10/h6-8H,5H2,1-4H3,(H,11,14)(H,12,13). The van der Waals surface area contributed by atoms with Crippen LogP contribution in [-0.2, 0) is 4.79 Å². The minimum atomic E-state index is -0.219. The second kappa shape index (κ2) is 5.39. The fraction of sp³-hybridized carbons (Fsp3) is 0.800. The van der Waals surface area contributed by atoms with Crippen LogP contribution in [0, 0.1) is 0 Å². The number of carbonyl (C=O) groups excluding carboxylic acids is 1. The summed E-state index contributed by atoms with van der Waals surface area (Å²) in [6, 6.07) is 0.320. The molecule has 1 heterocycles. The Labute approximate surface area is 95.3 Å². The van der Waals surface area contributed by atoms with Gasteiger partial charge in [-0.25, -0.2) is 0 Å². The van der Waals surface area contributed by atoms with Gasteiger partial charge in [0.2, 0.25) is 5.91 Å². The van der Waals surface area contributed by atoms with Gasteiger partial charge in [0.15, 0.2) is 5.17 Å². The van der Waals surface area contributed by atoms with E-state index in [1.165, 1.54) is 0 Å². The summed E-state index contributed by atoms with van der Waals surface area (Å²) in [6.07, 6.45) is 0. The topological polar surface area (TPSA) is 53.5 Å². The van der Waals surface area contributed by atoms with Gasteiger partial charge in [0.1, 0.15) is 6.04 Å². The summed E-state index contributed by atoms with van der Waals surface area (Å²) < 4.78 is 0. The van der Waals surface area contributed by atoms with Gasteiger partial charge in [-0.1, -0.05) is 11.8 Å². The fourth-order valence-electron chi connectivity index (χ4n) is 1.21. The summed E-state index contributed by atoms with van der Waals surface area (Å²) >= 11 is 1.67. The lowest BCUT2D eigenvalue weighted by molar-refractivity contribution is -0.122. The quantitative estimate of drug-likeness (QED) is 0.758. The largest absolute Gasteiger partial charge is 0.353 e. The van der Waals surface area contributed by atoms with E-state index < -0.39 is 0 Å². The molecule has 0 radical (unpaired) electrons. The maximum absolute atomic E-state index is 11.6. The molecule has 0 aromatic heterocycles. The second-order valence-corrected chi connectivity index (χ2v) is 5.13. The lowest BCUT2D eigenvalue weighted by atomic mass is 10.3. The number of amides is 1. The number of hydrogen-bond donors (Lipinski definition) is 2. The fourth-order valence-corrected chi connectivity index (χ4v) is 2.20. The Morgan fingerprint density at radius 2 is 2.20 bits per heavy atom. The molecule has 0 spiro atoms. The van der Waals surface area contributed by atoms with Crippen molar-refractivity contribution in [2.45, 2.75) is 45.8 Å².